The maximum absolute atomic E-state index is 11.0. The van der Waals surface area contributed by atoms with E-state index in [0.29, 0.717) is 12.6 Å². The fraction of sp³-hybridized carbons (Fsp3) is 0.533. The Bertz CT molecular complexity index is 391. The lowest BCUT2D eigenvalue weighted by Crippen LogP contribution is -2.28. The van der Waals surface area contributed by atoms with Crippen molar-refractivity contribution in [2.45, 2.75) is 32.2 Å². The van der Waals surface area contributed by atoms with Gasteiger partial charge in [-0.05, 0) is 24.9 Å². The van der Waals surface area contributed by atoms with E-state index in [4.69, 9.17) is 5.11 Å². The van der Waals surface area contributed by atoms with E-state index in [-0.39, 0.29) is 5.92 Å². The molecule has 1 aliphatic rings. The van der Waals surface area contributed by atoms with Gasteiger partial charge in [0.25, 0.3) is 0 Å². The van der Waals surface area contributed by atoms with Crippen LogP contribution >= 0.6 is 0 Å². The molecular weight excluding hydrogens is 226 g/mol. The van der Waals surface area contributed by atoms with Crippen LogP contribution in [-0.2, 0) is 4.79 Å². The molecule has 0 bridgehead atoms. The minimum atomic E-state index is -0.652. The second-order valence-electron chi connectivity index (χ2n) is 5.03. The SMILES string of the molecule is CCCC(c1ccccc1)N1CCC(C(=O)O)C1. The lowest BCUT2D eigenvalue weighted by molar-refractivity contribution is -0.141. The predicted molar refractivity (Wildman–Crippen MR) is 71.4 cm³/mol. The molecule has 1 saturated heterocycles. The van der Waals surface area contributed by atoms with Gasteiger partial charge in [0.05, 0.1) is 5.92 Å². The number of carboxylic acids is 1. The van der Waals surface area contributed by atoms with Crippen molar-refractivity contribution in [2.75, 3.05) is 13.1 Å². The van der Waals surface area contributed by atoms with Gasteiger partial charge in [-0.1, -0.05) is 43.7 Å². The van der Waals surface area contributed by atoms with Crippen molar-refractivity contribution in [1.82, 2.24) is 4.90 Å². The van der Waals surface area contributed by atoms with Crippen LogP contribution < -0.4 is 0 Å². The van der Waals surface area contributed by atoms with Gasteiger partial charge in [0, 0.05) is 12.6 Å². The first-order valence-electron chi connectivity index (χ1n) is 6.74. The number of hydrogen-bond donors (Lipinski definition) is 1. The largest absolute Gasteiger partial charge is 0.481 e. The molecule has 3 nitrogen and oxygen atoms in total. The highest BCUT2D eigenvalue weighted by atomic mass is 16.4. The van der Waals surface area contributed by atoms with Crippen molar-refractivity contribution in [3.63, 3.8) is 0 Å². The summed E-state index contributed by atoms with van der Waals surface area (Å²) in [6, 6.07) is 10.8. The fourth-order valence-electron chi connectivity index (χ4n) is 2.78. The third-order valence-corrected chi connectivity index (χ3v) is 3.76. The van der Waals surface area contributed by atoms with E-state index in [2.05, 4.69) is 36.1 Å². The van der Waals surface area contributed by atoms with Gasteiger partial charge in [-0.3, -0.25) is 9.69 Å². The van der Waals surface area contributed by atoms with Crippen LogP contribution in [0.4, 0.5) is 0 Å². The summed E-state index contributed by atoms with van der Waals surface area (Å²) < 4.78 is 0. The molecule has 0 radical (unpaired) electrons. The van der Waals surface area contributed by atoms with Crippen molar-refractivity contribution < 1.29 is 9.90 Å². The molecule has 2 rings (SSSR count). The maximum Gasteiger partial charge on any atom is 0.307 e. The summed E-state index contributed by atoms with van der Waals surface area (Å²) in [5.74, 6) is -0.839. The van der Waals surface area contributed by atoms with Gasteiger partial charge in [0.15, 0.2) is 0 Å². The summed E-state index contributed by atoms with van der Waals surface area (Å²) in [5.41, 5.74) is 1.31. The quantitative estimate of drug-likeness (QED) is 0.869. The molecule has 18 heavy (non-hydrogen) atoms. The van der Waals surface area contributed by atoms with Crippen LogP contribution in [0.25, 0.3) is 0 Å². The number of carboxylic acid groups (broad SMARTS) is 1. The lowest BCUT2D eigenvalue weighted by Gasteiger charge is -2.28. The first-order chi connectivity index (χ1) is 8.72. The Balaban J connectivity index is 2.10. The zero-order chi connectivity index (χ0) is 13.0. The average Bonchev–Trinajstić information content (AvgIpc) is 2.86. The number of rotatable bonds is 5. The van der Waals surface area contributed by atoms with Gasteiger partial charge in [-0.15, -0.1) is 0 Å². The molecule has 1 aliphatic heterocycles. The van der Waals surface area contributed by atoms with E-state index in [1.54, 1.807) is 0 Å². The van der Waals surface area contributed by atoms with E-state index < -0.39 is 5.97 Å². The van der Waals surface area contributed by atoms with E-state index in [0.717, 1.165) is 25.8 Å². The van der Waals surface area contributed by atoms with Crippen LogP contribution in [0.1, 0.15) is 37.8 Å². The van der Waals surface area contributed by atoms with Crippen molar-refractivity contribution in [2.24, 2.45) is 5.92 Å². The Kier molecular flexibility index (Phi) is 4.37. The second-order valence-corrected chi connectivity index (χ2v) is 5.03. The van der Waals surface area contributed by atoms with E-state index >= 15 is 0 Å². The minimum Gasteiger partial charge on any atom is -0.481 e. The van der Waals surface area contributed by atoms with Crippen molar-refractivity contribution in [3.8, 4) is 0 Å². The van der Waals surface area contributed by atoms with Crippen LogP contribution in [0.3, 0.4) is 0 Å². The number of aliphatic carboxylic acids is 1. The van der Waals surface area contributed by atoms with Crippen molar-refractivity contribution in [1.29, 1.82) is 0 Å². The van der Waals surface area contributed by atoms with Crippen LogP contribution in [0.2, 0.25) is 0 Å². The molecule has 0 aromatic heterocycles. The second kappa shape index (κ2) is 6.01. The predicted octanol–water partition coefficient (Wildman–Crippen LogP) is 2.93. The average molecular weight is 247 g/mol. The van der Waals surface area contributed by atoms with Gasteiger partial charge in [-0.2, -0.15) is 0 Å². The molecule has 2 atom stereocenters. The smallest absolute Gasteiger partial charge is 0.307 e. The summed E-state index contributed by atoms with van der Waals surface area (Å²) >= 11 is 0. The van der Waals surface area contributed by atoms with Gasteiger partial charge >= 0.3 is 5.97 Å². The van der Waals surface area contributed by atoms with Gasteiger partial charge in [0.2, 0.25) is 0 Å². The minimum absolute atomic E-state index is 0.187. The highest BCUT2D eigenvalue weighted by molar-refractivity contribution is 5.70. The fourth-order valence-corrected chi connectivity index (χ4v) is 2.78. The zero-order valence-corrected chi connectivity index (χ0v) is 10.9. The van der Waals surface area contributed by atoms with Crippen molar-refractivity contribution in [3.05, 3.63) is 35.9 Å². The molecule has 1 aromatic carbocycles. The first-order valence-corrected chi connectivity index (χ1v) is 6.74. The van der Waals surface area contributed by atoms with Gasteiger partial charge in [0.1, 0.15) is 0 Å². The Labute approximate surface area is 108 Å². The van der Waals surface area contributed by atoms with Gasteiger partial charge < -0.3 is 5.11 Å². The Morgan fingerprint density at radius 1 is 1.44 bits per heavy atom. The molecule has 98 valence electrons. The van der Waals surface area contributed by atoms with Crippen LogP contribution in [-0.4, -0.2) is 29.1 Å². The van der Waals surface area contributed by atoms with E-state index in [1.165, 1.54) is 5.56 Å². The maximum atomic E-state index is 11.0. The molecule has 1 heterocycles. The molecule has 0 aliphatic carbocycles. The summed E-state index contributed by atoms with van der Waals surface area (Å²) in [7, 11) is 0. The van der Waals surface area contributed by atoms with E-state index in [1.807, 2.05) is 6.07 Å². The van der Waals surface area contributed by atoms with Crippen LogP contribution in [0, 0.1) is 5.92 Å². The molecule has 0 amide bonds. The Morgan fingerprint density at radius 2 is 2.17 bits per heavy atom. The van der Waals surface area contributed by atoms with E-state index in [9.17, 15) is 4.79 Å². The molecule has 0 saturated carbocycles. The number of carbonyl (C=O) groups is 1. The van der Waals surface area contributed by atoms with Crippen molar-refractivity contribution >= 4 is 5.97 Å². The van der Waals surface area contributed by atoms with Gasteiger partial charge in [-0.25, -0.2) is 0 Å². The molecule has 1 fully saturated rings. The summed E-state index contributed by atoms with van der Waals surface area (Å²) in [6.45, 7) is 3.77. The molecule has 0 spiro atoms. The molecule has 3 heteroatoms. The molecule has 1 N–H and O–H groups in total. The molecular formula is C15H21NO2. The third kappa shape index (κ3) is 2.91. The van der Waals surface area contributed by atoms with Crippen LogP contribution in [0.15, 0.2) is 30.3 Å². The van der Waals surface area contributed by atoms with Crippen LogP contribution in [0.5, 0.6) is 0 Å². The first kappa shape index (κ1) is 13.1. The topological polar surface area (TPSA) is 40.5 Å². The standard InChI is InChI=1S/C15H21NO2/c1-2-6-14(12-7-4-3-5-8-12)16-10-9-13(11-16)15(17)18/h3-5,7-8,13-14H,2,6,9-11H2,1H3,(H,17,18). The summed E-state index contributed by atoms with van der Waals surface area (Å²) in [4.78, 5) is 13.4. The Morgan fingerprint density at radius 3 is 2.72 bits per heavy atom. The highest BCUT2D eigenvalue weighted by Gasteiger charge is 2.32. The normalized spacial score (nSPS) is 21.9. The third-order valence-electron chi connectivity index (χ3n) is 3.76. The number of benzene rings is 1. The molecule has 2 unspecified atom stereocenters. The summed E-state index contributed by atoms with van der Waals surface area (Å²) in [5, 5.41) is 9.09. The monoisotopic (exact) mass is 247 g/mol. The molecule has 1 aromatic rings. The highest BCUT2D eigenvalue weighted by Crippen LogP contribution is 2.31. The number of likely N-dealkylation sites (tertiary alicyclic amines) is 1. The Hall–Kier alpha value is -1.35. The number of nitrogens with zero attached hydrogens (tertiary/aromatic N) is 1. The number of hydrogen-bond acceptors (Lipinski definition) is 2. The lowest BCUT2D eigenvalue weighted by atomic mass is 10.0. The summed E-state index contributed by atoms with van der Waals surface area (Å²) in [6.07, 6.45) is 2.99. The zero-order valence-electron chi connectivity index (χ0n) is 10.9.